The fourth-order valence-corrected chi connectivity index (χ4v) is 7.42. The molecule has 0 saturated carbocycles. The van der Waals surface area contributed by atoms with Crippen molar-refractivity contribution in [1.29, 1.82) is 0 Å². The quantitative estimate of drug-likeness (QED) is 0.0315. The van der Waals surface area contributed by atoms with E-state index >= 15 is 0 Å². The van der Waals surface area contributed by atoms with Crippen LogP contribution in [0.4, 0.5) is 0 Å². The van der Waals surface area contributed by atoms with Crippen LogP contribution in [0.2, 0.25) is 0 Å². The summed E-state index contributed by atoms with van der Waals surface area (Å²) in [5, 5.41) is 86.2. The second kappa shape index (κ2) is 33.7. The van der Waals surface area contributed by atoms with Crippen LogP contribution in [0, 0.1) is 0 Å². The van der Waals surface area contributed by atoms with Crippen LogP contribution in [0.5, 0.6) is 0 Å². The lowest BCUT2D eigenvalue weighted by Crippen LogP contribution is -2.65. The van der Waals surface area contributed by atoms with Crippen molar-refractivity contribution in [2.24, 2.45) is 0 Å². The molecule has 2 saturated heterocycles. The smallest absolute Gasteiger partial charge is 0.220 e. The molecule has 2 aliphatic rings. The first-order valence-electron chi connectivity index (χ1n) is 23.2. The molecular weight excluding hydrogens is 774 g/mol. The second-order valence-electron chi connectivity index (χ2n) is 16.5. The zero-order chi connectivity index (χ0) is 44.0. The van der Waals surface area contributed by atoms with Gasteiger partial charge in [-0.25, -0.2) is 0 Å². The number of carbonyl (C=O) groups excluding carboxylic acids is 1. The molecule has 12 atom stereocenters. The van der Waals surface area contributed by atoms with Gasteiger partial charge < -0.3 is 65.1 Å². The van der Waals surface area contributed by atoms with E-state index in [1.165, 1.54) is 83.5 Å². The van der Waals surface area contributed by atoms with Gasteiger partial charge in [0.05, 0.1) is 32.0 Å². The maximum atomic E-state index is 13.1. The number of unbranched alkanes of at least 4 members (excludes halogenated alkanes) is 17. The minimum absolute atomic E-state index is 0.258. The number of aliphatic hydroxyl groups is 8. The topological polar surface area (TPSA) is 228 Å². The average Bonchev–Trinajstić information content (AvgIpc) is 3.24. The van der Waals surface area contributed by atoms with Gasteiger partial charge in [0.2, 0.25) is 5.91 Å². The third-order valence-corrected chi connectivity index (χ3v) is 11.3. The van der Waals surface area contributed by atoms with Gasteiger partial charge in [0.1, 0.15) is 48.8 Å². The number of nitrogens with one attached hydrogen (secondary N) is 1. The largest absolute Gasteiger partial charge is 0.394 e. The first-order valence-corrected chi connectivity index (χ1v) is 23.2. The monoisotopic (exact) mass is 858 g/mol. The number of amides is 1. The number of aliphatic hydroxyl groups excluding tert-OH is 8. The summed E-state index contributed by atoms with van der Waals surface area (Å²) < 4.78 is 22.5. The van der Waals surface area contributed by atoms with Crippen LogP contribution in [0.25, 0.3) is 0 Å². The maximum absolute atomic E-state index is 13.1. The lowest BCUT2D eigenvalue weighted by molar-refractivity contribution is -0.359. The Balaban J connectivity index is 1.80. The van der Waals surface area contributed by atoms with Gasteiger partial charge in [-0.1, -0.05) is 134 Å². The van der Waals surface area contributed by atoms with E-state index < -0.39 is 86.8 Å². The molecule has 60 heavy (non-hydrogen) atoms. The average molecular weight is 858 g/mol. The highest BCUT2D eigenvalue weighted by Gasteiger charge is 2.50. The predicted molar refractivity (Wildman–Crippen MR) is 231 cm³/mol. The zero-order valence-corrected chi connectivity index (χ0v) is 36.7. The molecule has 2 aliphatic heterocycles. The van der Waals surface area contributed by atoms with Gasteiger partial charge in [-0.3, -0.25) is 4.79 Å². The number of carbonyl (C=O) groups is 1. The molecule has 350 valence electrons. The van der Waals surface area contributed by atoms with Gasteiger partial charge in [0.25, 0.3) is 0 Å². The van der Waals surface area contributed by atoms with Crippen molar-refractivity contribution in [1.82, 2.24) is 5.32 Å². The van der Waals surface area contributed by atoms with Crippen LogP contribution in [0.15, 0.2) is 36.5 Å². The Labute approximate surface area is 360 Å². The van der Waals surface area contributed by atoms with Gasteiger partial charge in [-0.15, -0.1) is 0 Å². The summed E-state index contributed by atoms with van der Waals surface area (Å²) in [5.74, 6) is -0.258. The van der Waals surface area contributed by atoms with E-state index in [2.05, 4.69) is 43.5 Å². The molecule has 0 radical (unpaired) electrons. The highest BCUT2D eigenvalue weighted by Crippen LogP contribution is 2.30. The van der Waals surface area contributed by atoms with E-state index in [4.69, 9.17) is 18.9 Å². The zero-order valence-electron chi connectivity index (χ0n) is 36.7. The standard InChI is InChI=1S/C46H83NO13/c1-3-5-7-9-11-12-13-14-15-16-17-18-19-20-21-22-24-26-28-30-38(51)47-34(35(50)29-27-25-23-10-8-6-4-2)33-57-45-43(56)41(54)44(37(32-49)59-45)60-46-42(55)40(53)39(52)36(31-48)58-46/h8,10,14-15,27,29,34-37,39-46,48-50,52-56H,3-7,9,11-13,16-26,28,30-33H2,1-2H3,(H,47,51)/b10-8+,15-14-,29-27+. The molecule has 0 spiro atoms. The molecule has 1 amide bonds. The molecule has 9 N–H and O–H groups in total. The number of rotatable bonds is 34. The molecule has 0 aromatic carbocycles. The third-order valence-electron chi connectivity index (χ3n) is 11.3. The van der Waals surface area contributed by atoms with E-state index in [1.807, 2.05) is 6.08 Å². The summed E-state index contributed by atoms with van der Waals surface area (Å²) in [6.07, 6.45) is 19.5. The Bertz CT molecular complexity index is 1150. The summed E-state index contributed by atoms with van der Waals surface area (Å²) in [6, 6.07) is -0.927. The Kier molecular flexibility index (Phi) is 30.5. The van der Waals surface area contributed by atoms with E-state index in [1.54, 1.807) is 6.08 Å². The predicted octanol–water partition coefficient (Wildman–Crippen LogP) is 4.76. The Morgan fingerprint density at radius 2 is 1.10 bits per heavy atom. The van der Waals surface area contributed by atoms with Crippen molar-refractivity contribution >= 4 is 5.91 Å². The molecule has 0 aromatic rings. The highest BCUT2D eigenvalue weighted by atomic mass is 16.7. The number of hydrogen-bond acceptors (Lipinski definition) is 13. The van der Waals surface area contributed by atoms with E-state index in [9.17, 15) is 45.6 Å². The van der Waals surface area contributed by atoms with Gasteiger partial charge in [0, 0.05) is 6.42 Å². The minimum atomic E-state index is -1.79. The van der Waals surface area contributed by atoms with Crippen LogP contribution < -0.4 is 5.32 Å². The molecule has 0 bridgehead atoms. The molecule has 2 rings (SSSR count). The summed E-state index contributed by atoms with van der Waals surface area (Å²) in [5.41, 5.74) is 0. The van der Waals surface area contributed by atoms with Crippen molar-refractivity contribution in [3.8, 4) is 0 Å². The van der Waals surface area contributed by atoms with E-state index in [0.717, 1.165) is 38.5 Å². The fraction of sp³-hybridized carbons (Fsp3) is 0.848. The SMILES string of the molecule is CCC/C=C/CC/C=C/C(O)C(COC1OC(CO)C(OC2OC(CO)C(O)C(O)C2O)C(O)C1O)NC(=O)CCCCCCCCCCC/C=C\CCCCCCCC. The van der Waals surface area contributed by atoms with Crippen LogP contribution in [0.3, 0.4) is 0 Å². The Morgan fingerprint density at radius 3 is 1.70 bits per heavy atom. The van der Waals surface area contributed by atoms with Crippen molar-refractivity contribution in [3.05, 3.63) is 36.5 Å². The van der Waals surface area contributed by atoms with Crippen molar-refractivity contribution in [2.45, 2.75) is 229 Å². The molecule has 0 aromatic heterocycles. The summed E-state index contributed by atoms with van der Waals surface area (Å²) in [7, 11) is 0. The molecule has 14 nitrogen and oxygen atoms in total. The normalized spacial score (nSPS) is 28.6. The Morgan fingerprint density at radius 1 is 0.583 bits per heavy atom. The Hall–Kier alpha value is -1.79. The maximum Gasteiger partial charge on any atom is 0.220 e. The summed E-state index contributed by atoms with van der Waals surface area (Å²) in [4.78, 5) is 13.1. The van der Waals surface area contributed by atoms with Crippen LogP contribution >= 0.6 is 0 Å². The molecule has 2 heterocycles. The van der Waals surface area contributed by atoms with Gasteiger partial charge in [0.15, 0.2) is 12.6 Å². The third kappa shape index (κ3) is 21.5. The van der Waals surface area contributed by atoms with E-state index in [-0.39, 0.29) is 18.9 Å². The molecule has 0 aliphatic carbocycles. The minimum Gasteiger partial charge on any atom is -0.394 e. The molecule has 2 fully saturated rings. The lowest BCUT2D eigenvalue weighted by Gasteiger charge is -2.46. The molecule has 12 unspecified atom stereocenters. The summed E-state index contributed by atoms with van der Waals surface area (Å²) >= 11 is 0. The first kappa shape index (κ1) is 54.3. The van der Waals surface area contributed by atoms with Crippen molar-refractivity contribution in [2.75, 3.05) is 19.8 Å². The van der Waals surface area contributed by atoms with Crippen LogP contribution in [0.1, 0.15) is 155 Å². The van der Waals surface area contributed by atoms with Crippen molar-refractivity contribution in [3.63, 3.8) is 0 Å². The number of ether oxygens (including phenoxy) is 4. The summed E-state index contributed by atoms with van der Waals surface area (Å²) in [6.45, 7) is 2.62. The number of allylic oxidation sites excluding steroid dienone is 5. The van der Waals surface area contributed by atoms with Gasteiger partial charge >= 0.3 is 0 Å². The fourth-order valence-electron chi connectivity index (χ4n) is 7.42. The van der Waals surface area contributed by atoms with E-state index in [0.29, 0.717) is 12.8 Å². The number of hydrogen-bond donors (Lipinski definition) is 9. The molecule has 14 heteroatoms. The van der Waals surface area contributed by atoms with Crippen molar-refractivity contribution < 1.29 is 64.6 Å². The van der Waals surface area contributed by atoms with Crippen LogP contribution in [-0.4, -0.2) is 140 Å². The van der Waals surface area contributed by atoms with Gasteiger partial charge in [-0.05, 0) is 51.4 Å². The van der Waals surface area contributed by atoms with Gasteiger partial charge in [-0.2, -0.15) is 0 Å². The second-order valence-corrected chi connectivity index (χ2v) is 16.5. The highest BCUT2D eigenvalue weighted by molar-refractivity contribution is 5.76. The first-order chi connectivity index (χ1) is 29.1. The van der Waals surface area contributed by atoms with Crippen LogP contribution in [-0.2, 0) is 23.7 Å². The molecular formula is C46H83NO13. The lowest BCUT2D eigenvalue weighted by atomic mass is 9.97.